The molecule has 8 heteroatoms. The molecule has 0 aliphatic heterocycles. The van der Waals surface area contributed by atoms with Gasteiger partial charge >= 0.3 is 23.9 Å². The lowest BCUT2D eigenvalue weighted by atomic mass is 9.96. The first-order valence-electron chi connectivity index (χ1n) is 7.19. The lowest BCUT2D eigenvalue weighted by Crippen LogP contribution is -2.47. The first-order valence-corrected chi connectivity index (χ1v) is 7.19. The van der Waals surface area contributed by atoms with Crippen LogP contribution < -0.4 is 0 Å². The molecule has 0 aromatic heterocycles. The topological polar surface area (TPSA) is 105 Å². The van der Waals surface area contributed by atoms with Crippen molar-refractivity contribution in [2.75, 3.05) is 6.61 Å². The molecule has 0 aromatic rings. The van der Waals surface area contributed by atoms with Crippen LogP contribution in [0.3, 0.4) is 0 Å². The number of hydrogen-bond acceptors (Lipinski definition) is 8. The highest BCUT2D eigenvalue weighted by atomic mass is 16.6. The van der Waals surface area contributed by atoms with Crippen molar-refractivity contribution in [3.8, 4) is 0 Å². The van der Waals surface area contributed by atoms with E-state index in [1.165, 1.54) is 34.6 Å². The minimum absolute atomic E-state index is 0.0438. The second-order valence-corrected chi connectivity index (χ2v) is 5.24. The predicted octanol–water partition coefficient (Wildman–Crippen LogP) is 1.00. The minimum atomic E-state index is -1.02. The Morgan fingerprint density at radius 1 is 0.696 bits per heavy atom. The van der Waals surface area contributed by atoms with Crippen molar-refractivity contribution in [1.82, 2.24) is 0 Å². The van der Waals surface area contributed by atoms with Crippen LogP contribution >= 0.6 is 0 Å². The largest absolute Gasteiger partial charge is 0.465 e. The molecule has 0 aliphatic rings. The third-order valence-corrected chi connectivity index (χ3v) is 2.85. The first-order chi connectivity index (χ1) is 10.5. The molecule has 0 spiro atoms. The summed E-state index contributed by atoms with van der Waals surface area (Å²) in [5, 5.41) is 0. The Hall–Kier alpha value is -2.12. The summed E-state index contributed by atoms with van der Waals surface area (Å²) in [5.41, 5.74) is 0. The molecular weight excluding hydrogens is 308 g/mol. The third-order valence-electron chi connectivity index (χ3n) is 2.85. The molecule has 0 aromatic carbocycles. The van der Waals surface area contributed by atoms with E-state index in [2.05, 4.69) is 0 Å². The minimum Gasteiger partial charge on any atom is -0.465 e. The summed E-state index contributed by atoms with van der Waals surface area (Å²) in [6.45, 7) is 7.99. The highest BCUT2D eigenvalue weighted by Gasteiger charge is 2.38. The van der Waals surface area contributed by atoms with Crippen LogP contribution in [-0.2, 0) is 38.1 Å². The summed E-state index contributed by atoms with van der Waals surface area (Å²) in [4.78, 5) is 44.8. The van der Waals surface area contributed by atoms with Crippen LogP contribution in [0.15, 0.2) is 0 Å². The molecule has 0 saturated heterocycles. The molecule has 0 amide bonds. The summed E-state index contributed by atoms with van der Waals surface area (Å²) in [5.74, 6) is -2.76. The average Bonchev–Trinajstić information content (AvgIpc) is 2.38. The molecule has 0 rings (SSSR count). The van der Waals surface area contributed by atoms with E-state index in [9.17, 15) is 19.2 Å². The van der Waals surface area contributed by atoms with Gasteiger partial charge in [0.25, 0.3) is 0 Å². The lowest BCUT2D eigenvalue weighted by molar-refractivity contribution is -0.187. The zero-order chi connectivity index (χ0) is 18.2. The summed E-state index contributed by atoms with van der Waals surface area (Å²) in [6, 6.07) is 0. The van der Waals surface area contributed by atoms with Gasteiger partial charge in [0.2, 0.25) is 0 Å². The summed E-state index contributed by atoms with van der Waals surface area (Å²) in [6.07, 6.45) is -2.81. The van der Waals surface area contributed by atoms with E-state index in [4.69, 9.17) is 18.9 Å². The molecular formula is C15H24O8. The fourth-order valence-corrected chi connectivity index (χ4v) is 1.99. The van der Waals surface area contributed by atoms with Gasteiger partial charge in [0.05, 0.1) is 6.61 Å². The van der Waals surface area contributed by atoms with Gasteiger partial charge in [0.15, 0.2) is 6.10 Å². The molecule has 8 nitrogen and oxygen atoms in total. The number of esters is 4. The summed E-state index contributed by atoms with van der Waals surface area (Å²) < 4.78 is 20.3. The highest BCUT2D eigenvalue weighted by molar-refractivity contribution is 5.68. The van der Waals surface area contributed by atoms with Crippen molar-refractivity contribution >= 4 is 23.9 Å². The van der Waals surface area contributed by atoms with Gasteiger partial charge in [-0.2, -0.15) is 0 Å². The number of carbonyl (C=O) groups excluding carboxylic acids is 4. The van der Waals surface area contributed by atoms with Crippen molar-refractivity contribution in [1.29, 1.82) is 0 Å². The maximum Gasteiger partial charge on any atom is 0.303 e. The van der Waals surface area contributed by atoms with Crippen LogP contribution in [0.25, 0.3) is 0 Å². The van der Waals surface area contributed by atoms with E-state index >= 15 is 0 Å². The van der Waals surface area contributed by atoms with Gasteiger partial charge in [-0.15, -0.1) is 0 Å². The van der Waals surface area contributed by atoms with Crippen LogP contribution in [-0.4, -0.2) is 48.8 Å². The van der Waals surface area contributed by atoms with Crippen molar-refractivity contribution in [3.63, 3.8) is 0 Å². The average molecular weight is 332 g/mol. The maximum atomic E-state index is 11.4. The quantitative estimate of drug-likeness (QED) is 0.479. The second-order valence-electron chi connectivity index (χ2n) is 5.24. The molecule has 0 radical (unpaired) electrons. The zero-order valence-corrected chi connectivity index (χ0v) is 14.3. The molecule has 4 atom stereocenters. The van der Waals surface area contributed by atoms with Crippen molar-refractivity contribution in [3.05, 3.63) is 0 Å². The van der Waals surface area contributed by atoms with Crippen LogP contribution in [0.1, 0.15) is 41.5 Å². The standard InChI is InChI=1S/C15H24O8/c1-8(7-20-10(3)16)14(22-12(5)18)15(23-13(6)19)9(2)21-11(4)17/h8-9,14-15H,7H2,1-6H3. The zero-order valence-electron chi connectivity index (χ0n) is 14.3. The Labute approximate surface area is 135 Å². The van der Waals surface area contributed by atoms with E-state index < -0.39 is 48.1 Å². The van der Waals surface area contributed by atoms with Gasteiger partial charge in [0, 0.05) is 33.6 Å². The molecule has 4 unspecified atom stereocenters. The van der Waals surface area contributed by atoms with E-state index in [-0.39, 0.29) is 6.61 Å². The van der Waals surface area contributed by atoms with E-state index in [1.54, 1.807) is 6.92 Å². The van der Waals surface area contributed by atoms with Crippen LogP contribution in [0, 0.1) is 5.92 Å². The smallest absolute Gasteiger partial charge is 0.303 e. The molecule has 23 heavy (non-hydrogen) atoms. The third kappa shape index (κ3) is 8.80. The summed E-state index contributed by atoms with van der Waals surface area (Å²) >= 11 is 0. The van der Waals surface area contributed by atoms with Gasteiger partial charge in [-0.1, -0.05) is 6.92 Å². The SMILES string of the molecule is CC(=O)OCC(C)C(OC(C)=O)C(OC(C)=O)C(C)OC(C)=O. The van der Waals surface area contributed by atoms with Crippen LogP contribution in [0.5, 0.6) is 0 Å². The number of rotatable bonds is 8. The van der Waals surface area contributed by atoms with Gasteiger partial charge < -0.3 is 18.9 Å². The fraction of sp³-hybridized carbons (Fsp3) is 0.733. The Kier molecular flexibility index (Phi) is 8.90. The van der Waals surface area contributed by atoms with E-state index in [0.29, 0.717) is 0 Å². The molecule has 0 saturated carbocycles. The lowest BCUT2D eigenvalue weighted by Gasteiger charge is -2.33. The second kappa shape index (κ2) is 9.81. The number of carbonyl (C=O) groups is 4. The van der Waals surface area contributed by atoms with Gasteiger partial charge in [-0.05, 0) is 6.92 Å². The number of ether oxygens (including phenoxy) is 4. The Morgan fingerprint density at radius 3 is 1.52 bits per heavy atom. The monoisotopic (exact) mass is 332 g/mol. The van der Waals surface area contributed by atoms with E-state index in [1.807, 2.05) is 0 Å². The van der Waals surface area contributed by atoms with Crippen molar-refractivity contribution in [2.24, 2.45) is 5.92 Å². The molecule has 0 bridgehead atoms. The molecule has 0 N–H and O–H groups in total. The fourth-order valence-electron chi connectivity index (χ4n) is 1.99. The van der Waals surface area contributed by atoms with Gasteiger partial charge in [-0.3, -0.25) is 19.2 Å². The van der Waals surface area contributed by atoms with E-state index in [0.717, 1.165) is 0 Å². The van der Waals surface area contributed by atoms with Crippen molar-refractivity contribution in [2.45, 2.75) is 59.9 Å². The van der Waals surface area contributed by atoms with Crippen LogP contribution in [0.4, 0.5) is 0 Å². The Balaban J connectivity index is 5.33. The van der Waals surface area contributed by atoms with Crippen molar-refractivity contribution < 1.29 is 38.1 Å². The number of hydrogen-bond donors (Lipinski definition) is 0. The molecule has 132 valence electrons. The Bertz CT molecular complexity index is 445. The Morgan fingerprint density at radius 2 is 1.13 bits per heavy atom. The van der Waals surface area contributed by atoms with Gasteiger partial charge in [0.1, 0.15) is 12.2 Å². The highest BCUT2D eigenvalue weighted by Crippen LogP contribution is 2.21. The maximum absolute atomic E-state index is 11.4. The molecule has 0 fully saturated rings. The normalized spacial score (nSPS) is 15.6. The molecule has 0 aliphatic carbocycles. The first kappa shape index (κ1) is 20.9. The predicted molar refractivity (Wildman–Crippen MR) is 78.1 cm³/mol. The van der Waals surface area contributed by atoms with Gasteiger partial charge in [-0.25, -0.2) is 0 Å². The summed E-state index contributed by atoms with van der Waals surface area (Å²) in [7, 11) is 0. The van der Waals surface area contributed by atoms with Crippen LogP contribution in [0.2, 0.25) is 0 Å². The molecule has 0 heterocycles.